The highest BCUT2D eigenvalue weighted by Crippen LogP contribution is 2.53. The van der Waals surface area contributed by atoms with Gasteiger partial charge in [-0.1, -0.05) is 115 Å². The second kappa shape index (κ2) is 7.62. The lowest BCUT2D eigenvalue weighted by atomic mass is 9.57. The van der Waals surface area contributed by atoms with Crippen molar-refractivity contribution < 1.29 is 0 Å². The predicted molar refractivity (Wildman–Crippen MR) is 133 cm³/mol. The molecule has 0 saturated heterocycles. The summed E-state index contributed by atoms with van der Waals surface area (Å²) in [4.78, 5) is 5.10. The quantitative estimate of drug-likeness (QED) is 0.303. The van der Waals surface area contributed by atoms with E-state index in [9.17, 15) is 0 Å². The average Bonchev–Trinajstić information content (AvgIpc) is 2.88. The Kier molecular flexibility index (Phi) is 4.47. The van der Waals surface area contributed by atoms with Crippen LogP contribution in [0.4, 0.5) is 0 Å². The van der Waals surface area contributed by atoms with Gasteiger partial charge < -0.3 is 0 Å². The highest BCUT2D eigenvalue weighted by Gasteiger charge is 2.46. The van der Waals surface area contributed by atoms with Gasteiger partial charge in [0.2, 0.25) is 0 Å². The van der Waals surface area contributed by atoms with E-state index < -0.39 is 0 Å². The number of nitrogens with zero attached hydrogens (tertiary/aromatic N) is 1. The van der Waals surface area contributed by atoms with Crippen LogP contribution in [0.1, 0.15) is 33.9 Å². The van der Waals surface area contributed by atoms with E-state index >= 15 is 0 Å². The normalized spacial score (nSPS) is 16.6. The molecule has 0 bridgehead atoms. The summed E-state index contributed by atoms with van der Waals surface area (Å²) in [5.41, 5.74) is 6.81. The van der Waals surface area contributed by atoms with E-state index in [1.807, 2.05) is 0 Å². The number of hydrogen-bond acceptors (Lipinski definition) is 1. The zero-order chi connectivity index (χ0) is 21.4. The van der Waals surface area contributed by atoms with E-state index in [4.69, 9.17) is 4.98 Å². The van der Waals surface area contributed by atoms with Crippen LogP contribution in [0.25, 0.3) is 17.0 Å². The lowest BCUT2D eigenvalue weighted by Gasteiger charge is -2.44. The third kappa shape index (κ3) is 2.82. The summed E-state index contributed by atoms with van der Waals surface area (Å²) in [6.45, 7) is 0. The van der Waals surface area contributed by atoms with Crippen molar-refractivity contribution in [1.82, 2.24) is 4.98 Å². The van der Waals surface area contributed by atoms with Gasteiger partial charge in [0.25, 0.3) is 0 Å². The maximum atomic E-state index is 5.10. The number of hydrogen-bond donors (Lipinski definition) is 0. The fraction of sp³-hybridized carbons (Fsp3) is 0.0645. The molecule has 0 fully saturated rings. The molecule has 1 aliphatic rings. The Morgan fingerprint density at radius 1 is 0.594 bits per heavy atom. The summed E-state index contributed by atoms with van der Waals surface area (Å²) in [5.74, 6) is 0.143. The minimum Gasteiger partial charge on any atom is -0.248 e. The van der Waals surface area contributed by atoms with Crippen molar-refractivity contribution in [2.24, 2.45) is 0 Å². The fourth-order valence-electron chi connectivity index (χ4n) is 5.33. The van der Waals surface area contributed by atoms with E-state index in [1.54, 1.807) is 0 Å². The van der Waals surface area contributed by atoms with E-state index in [0.29, 0.717) is 0 Å². The highest BCUT2D eigenvalue weighted by molar-refractivity contribution is 5.83. The van der Waals surface area contributed by atoms with E-state index in [0.717, 1.165) is 11.2 Å². The molecule has 0 radical (unpaired) electrons. The molecule has 0 spiro atoms. The standard InChI is InChI=1S/C31H23N/c1-4-12-23(13-5-1)27-20-21-30-28(22-24-14-10-11-19-29(24)32-30)31(27,25-15-6-2-7-16-25)26-17-8-3-9-18-26/h1-22,27H. The zero-order valence-corrected chi connectivity index (χ0v) is 17.7. The molecule has 5 aromatic rings. The number of para-hydroxylation sites is 1. The monoisotopic (exact) mass is 409 g/mol. The molecule has 1 atom stereocenters. The van der Waals surface area contributed by atoms with Gasteiger partial charge in [-0.3, -0.25) is 0 Å². The predicted octanol–water partition coefficient (Wildman–Crippen LogP) is 7.38. The Hall–Kier alpha value is -3.97. The fourth-order valence-corrected chi connectivity index (χ4v) is 5.33. The van der Waals surface area contributed by atoms with Gasteiger partial charge in [0.05, 0.1) is 16.6 Å². The minimum atomic E-state index is -0.384. The third-order valence-electron chi connectivity index (χ3n) is 6.71. The molecule has 0 saturated carbocycles. The van der Waals surface area contributed by atoms with E-state index in [1.165, 1.54) is 27.6 Å². The van der Waals surface area contributed by atoms with Crippen molar-refractivity contribution >= 4 is 17.0 Å². The van der Waals surface area contributed by atoms with Crippen LogP contribution in [-0.2, 0) is 5.41 Å². The number of benzene rings is 4. The number of allylic oxidation sites excluding steroid dienone is 1. The molecule has 0 aliphatic heterocycles. The Balaban J connectivity index is 1.77. The van der Waals surface area contributed by atoms with Crippen molar-refractivity contribution in [2.75, 3.05) is 0 Å². The number of aromatic nitrogens is 1. The van der Waals surface area contributed by atoms with Crippen LogP contribution in [0.15, 0.2) is 127 Å². The maximum absolute atomic E-state index is 5.10. The van der Waals surface area contributed by atoms with Gasteiger partial charge in [-0.25, -0.2) is 4.98 Å². The van der Waals surface area contributed by atoms with Crippen LogP contribution >= 0.6 is 0 Å². The van der Waals surface area contributed by atoms with Crippen molar-refractivity contribution in [3.8, 4) is 0 Å². The van der Waals surface area contributed by atoms with Crippen molar-refractivity contribution in [1.29, 1.82) is 0 Å². The summed E-state index contributed by atoms with van der Waals surface area (Å²) in [6.07, 6.45) is 4.56. The first-order chi connectivity index (χ1) is 15.9. The first-order valence-electron chi connectivity index (χ1n) is 11.1. The number of rotatable bonds is 3. The van der Waals surface area contributed by atoms with Gasteiger partial charge in [0, 0.05) is 11.3 Å². The maximum Gasteiger partial charge on any atom is 0.0709 e. The van der Waals surface area contributed by atoms with Gasteiger partial charge in [-0.15, -0.1) is 0 Å². The molecule has 1 nitrogen and oxygen atoms in total. The van der Waals surface area contributed by atoms with Crippen LogP contribution in [0.5, 0.6) is 0 Å². The summed E-state index contributed by atoms with van der Waals surface area (Å²) in [5, 5.41) is 1.17. The topological polar surface area (TPSA) is 12.9 Å². The van der Waals surface area contributed by atoms with Crippen LogP contribution in [0.2, 0.25) is 0 Å². The molecule has 1 aliphatic carbocycles. The molecule has 32 heavy (non-hydrogen) atoms. The molecule has 1 aromatic heterocycles. The Morgan fingerprint density at radius 2 is 1.16 bits per heavy atom. The van der Waals surface area contributed by atoms with Crippen molar-refractivity contribution in [3.63, 3.8) is 0 Å². The number of pyridine rings is 1. The molecule has 1 unspecified atom stereocenters. The first-order valence-corrected chi connectivity index (χ1v) is 11.1. The molecule has 152 valence electrons. The SMILES string of the molecule is C1=CC(c2ccccc2)C(c2ccccc2)(c2ccccc2)c2cc3ccccc3nc21. The molecule has 6 rings (SSSR count). The lowest BCUT2D eigenvalue weighted by molar-refractivity contribution is 0.543. The van der Waals surface area contributed by atoms with Gasteiger partial charge >= 0.3 is 0 Å². The second-order valence-corrected chi connectivity index (χ2v) is 8.40. The largest absolute Gasteiger partial charge is 0.248 e. The number of fused-ring (bicyclic) bond motifs is 2. The molecule has 1 heteroatoms. The Morgan fingerprint density at radius 3 is 1.81 bits per heavy atom. The molecule has 0 N–H and O–H groups in total. The van der Waals surface area contributed by atoms with E-state index in [2.05, 4.69) is 133 Å². The molecule has 1 heterocycles. The van der Waals surface area contributed by atoms with Crippen molar-refractivity contribution in [3.05, 3.63) is 155 Å². The first kappa shape index (κ1) is 18.8. The molecule has 0 amide bonds. The molecule has 4 aromatic carbocycles. The second-order valence-electron chi connectivity index (χ2n) is 8.40. The summed E-state index contributed by atoms with van der Waals surface area (Å²) in [7, 11) is 0. The van der Waals surface area contributed by atoms with Crippen LogP contribution in [0.3, 0.4) is 0 Å². The third-order valence-corrected chi connectivity index (χ3v) is 6.71. The van der Waals surface area contributed by atoms with Gasteiger partial charge in [-0.05, 0) is 40.5 Å². The van der Waals surface area contributed by atoms with Crippen LogP contribution < -0.4 is 0 Å². The van der Waals surface area contributed by atoms with E-state index in [-0.39, 0.29) is 11.3 Å². The van der Waals surface area contributed by atoms with Gasteiger partial charge in [-0.2, -0.15) is 0 Å². The zero-order valence-electron chi connectivity index (χ0n) is 17.7. The van der Waals surface area contributed by atoms with Crippen LogP contribution in [-0.4, -0.2) is 4.98 Å². The smallest absolute Gasteiger partial charge is 0.0709 e. The van der Waals surface area contributed by atoms with Gasteiger partial charge in [0.1, 0.15) is 0 Å². The summed E-state index contributed by atoms with van der Waals surface area (Å²) in [6, 6.07) is 43.5. The van der Waals surface area contributed by atoms with Gasteiger partial charge in [0.15, 0.2) is 0 Å². The van der Waals surface area contributed by atoms with Crippen molar-refractivity contribution in [2.45, 2.75) is 11.3 Å². The minimum absolute atomic E-state index is 0.143. The average molecular weight is 410 g/mol. The Bertz CT molecular complexity index is 1360. The molecular weight excluding hydrogens is 386 g/mol. The highest BCUT2D eigenvalue weighted by atomic mass is 14.7. The lowest BCUT2D eigenvalue weighted by Crippen LogP contribution is -2.38. The van der Waals surface area contributed by atoms with Crippen LogP contribution in [0, 0.1) is 0 Å². The molecular formula is C31H23N. The summed E-state index contributed by atoms with van der Waals surface area (Å²) >= 11 is 0. The summed E-state index contributed by atoms with van der Waals surface area (Å²) < 4.78 is 0. The Labute approximate surface area is 188 Å².